The van der Waals surface area contributed by atoms with Crippen LogP contribution in [0.3, 0.4) is 0 Å². The van der Waals surface area contributed by atoms with Gasteiger partial charge >= 0.3 is 0 Å². The molecule has 134 valence electrons. The average Bonchev–Trinajstić information content (AvgIpc) is 2.99. The SMILES string of the molecule is O=C(Cc1cn(Cc2ccccc2)c2ccc(Cl)cc12)c1ccc(Cl)cc1. The fourth-order valence-corrected chi connectivity index (χ4v) is 3.60. The largest absolute Gasteiger partial charge is 0.343 e. The number of carbonyl (C=O) groups is 1. The van der Waals surface area contributed by atoms with Crippen molar-refractivity contribution in [3.8, 4) is 0 Å². The van der Waals surface area contributed by atoms with E-state index in [1.54, 1.807) is 24.3 Å². The van der Waals surface area contributed by atoms with Crippen LogP contribution in [0.5, 0.6) is 0 Å². The fourth-order valence-electron chi connectivity index (χ4n) is 3.31. The van der Waals surface area contributed by atoms with Crippen molar-refractivity contribution in [2.45, 2.75) is 13.0 Å². The molecule has 27 heavy (non-hydrogen) atoms. The van der Waals surface area contributed by atoms with E-state index < -0.39 is 0 Å². The maximum Gasteiger partial charge on any atom is 0.167 e. The zero-order valence-electron chi connectivity index (χ0n) is 14.5. The van der Waals surface area contributed by atoms with E-state index in [0.717, 1.165) is 23.0 Å². The van der Waals surface area contributed by atoms with Crippen molar-refractivity contribution < 1.29 is 4.79 Å². The van der Waals surface area contributed by atoms with E-state index in [1.807, 2.05) is 36.4 Å². The van der Waals surface area contributed by atoms with Crippen LogP contribution in [0.4, 0.5) is 0 Å². The zero-order chi connectivity index (χ0) is 18.8. The van der Waals surface area contributed by atoms with Crippen molar-refractivity contribution in [1.29, 1.82) is 0 Å². The highest BCUT2D eigenvalue weighted by Gasteiger charge is 2.14. The first-order valence-corrected chi connectivity index (χ1v) is 9.46. The van der Waals surface area contributed by atoms with Crippen molar-refractivity contribution in [2.75, 3.05) is 0 Å². The van der Waals surface area contributed by atoms with E-state index in [4.69, 9.17) is 23.2 Å². The molecule has 0 saturated carbocycles. The van der Waals surface area contributed by atoms with Gasteiger partial charge in [0.2, 0.25) is 0 Å². The molecule has 0 saturated heterocycles. The predicted octanol–water partition coefficient (Wildman–Crippen LogP) is 6.42. The van der Waals surface area contributed by atoms with Crippen molar-refractivity contribution in [2.24, 2.45) is 0 Å². The summed E-state index contributed by atoms with van der Waals surface area (Å²) in [6, 6.07) is 23.1. The number of aromatic nitrogens is 1. The Morgan fingerprint density at radius 3 is 2.30 bits per heavy atom. The van der Waals surface area contributed by atoms with E-state index >= 15 is 0 Å². The summed E-state index contributed by atoms with van der Waals surface area (Å²) >= 11 is 12.1. The Kier molecular flexibility index (Phi) is 5.02. The number of ketones is 1. The molecular weight excluding hydrogens is 377 g/mol. The highest BCUT2D eigenvalue weighted by Crippen LogP contribution is 2.27. The number of carbonyl (C=O) groups excluding carboxylic acids is 1. The molecule has 0 bridgehead atoms. The minimum absolute atomic E-state index is 0.0606. The van der Waals surface area contributed by atoms with Crippen LogP contribution in [0.15, 0.2) is 79.0 Å². The number of fused-ring (bicyclic) bond motifs is 1. The van der Waals surface area contributed by atoms with E-state index in [9.17, 15) is 4.79 Å². The van der Waals surface area contributed by atoms with Gasteiger partial charge in [0.1, 0.15) is 0 Å². The number of hydrogen-bond acceptors (Lipinski definition) is 1. The summed E-state index contributed by atoms with van der Waals surface area (Å²) in [5, 5.41) is 2.30. The molecule has 4 aromatic rings. The number of rotatable bonds is 5. The van der Waals surface area contributed by atoms with Crippen LogP contribution in [0.1, 0.15) is 21.5 Å². The molecule has 0 aliphatic carbocycles. The summed E-state index contributed by atoms with van der Waals surface area (Å²) < 4.78 is 2.17. The maximum atomic E-state index is 12.7. The first-order valence-electron chi connectivity index (χ1n) is 8.70. The number of halogens is 2. The summed E-state index contributed by atoms with van der Waals surface area (Å²) in [7, 11) is 0. The van der Waals surface area contributed by atoms with Gasteiger partial charge in [0, 0.05) is 45.7 Å². The van der Waals surface area contributed by atoms with Crippen LogP contribution in [-0.2, 0) is 13.0 Å². The number of nitrogens with zero attached hydrogens (tertiary/aromatic N) is 1. The van der Waals surface area contributed by atoms with Crippen LogP contribution in [0.25, 0.3) is 10.9 Å². The third-order valence-electron chi connectivity index (χ3n) is 4.64. The van der Waals surface area contributed by atoms with Gasteiger partial charge in [-0.05, 0) is 53.6 Å². The highest BCUT2D eigenvalue weighted by molar-refractivity contribution is 6.31. The fraction of sp³-hybridized carbons (Fsp3) is 0.0870. The van der Waals surface area contributed by atoms with Crippen molar-refractivity contribution in [1.82, 2.24) is 4.57 Å². The molecule has 3 aromatic carbocycles. The summed E-state index contributed by atoms with van der Waals surface area (Å²) in [6.45, 7) is 0.744. The third-order valence-corrected chi connectivity index (χ3v) is 5.13. The summed E-state index contributed by atoms with van der Waals surface area (Å²) in [5.41, 5.74) is 3.91. The van der Waals surface area contributed by atoms with Crippen LogP contribution < -0.4 is 0 Å². The van der Waals surface area contributed by atoms with Gasteiger partial charge in [0.25, 0.3) is 0 Å². The van der Waals surface area contributed by atoms with Gasteiger partial charge in [-0.15, -0.1) is 0 Å². The van der Waals surface area contributed by atoms with Gasteiger partial charge in [-0.25, -0.2) is 0 Å². The molecule has 2 nitrogen and oxygen atoms in total. The quantitative estimate of drug-likeness (QED) is 0.358. The van der Waals surface area contributed by atoms with Gasteiger partial charge in [-0.2, -0.15) is 0 Å². The standard InChI is InChI=1S/C23H17Cl2NO/c24-19-8-6-17(7-9-19)23(27)12-18-15-26(14-16-4-2-1-3-5-16)22-11-10-20(25)13-21(18)22/h1-11,13,15H,12,14H2. The lowest BCUT2D eigenvalue weighted by Gasteiger charge is -2.05. The molecule has 4 heteroatoms. The van der Waals surface area contributed by atoms with Crippen molar-refractivity contribution in [3.63, 3.8) is 0 Å². The Balaban J connectivity index is 1.70. The molecule has 0 N–H and O–H groups in total. The molecule has 4 rings (SSSR count). The highest BCUT2D eigenvalue weighted by atomic mass is 35.5. The second-order valence-electron chi connectivity index (χ2n) is 6.54. The summed E-state index contributed by atoms with van der Waals surface area (Å²) in [6.07, 6.45) is 2.38. The Hall–Kier alpha value is -2.55. The topological polar surface area (TPSA) is 22.0 Å². The van der Waals surface area contributed by atoms with E-state index in [-0.39, 0.29) is 5.78 Å². The first kappa shape index (κ1) is 17.8. The Labute approximate surface area is 168 Å². The Morgan fingerprint density at radius 2 is 1.56 bits per heavy atom. The van der Waals surface area contributed by atoms with Gasteiger partial charge in [0.05, 0.1) is 0 Å². The van der Waals surface area contributed by atoms with Gasteiger partial charge in [-0.3, -0.25) is 4.79 Å². The number of benzene rings is 3. The van der Waals surface area contributed by atoms with E-state index in [0.29, 0.717) is 22.0 Å². The lowest BCUT2D eigenvalue weighted by molar-refractivity contribution is 0.0993. The first-order chi connectivity index (χ1) is 13.1. The second kappa shape index (κ2) is 7.59. The van der Waals surface area contributed by atoms with E-state index in [2.05, 4.69) is 22.9 Å². The average molecular weight is 394 g/mol. The molecule has 0 spiro atoms. The summed E-state index contributed by atoms with van der Waals surface area (Å²) in [5.74, 6) is 0.0606. The summed E-state index contributed by atoms with van der Waals surface area (Å²) in [4.78, 5) is 12.7. The van der Waals surface area contributed by atoms with Crippen molar-refractivity contribution in [3.05, 3.63) is 106 Å². The second-order valence-corrected chi connectivity index (χ2v) is 7.41. The predicted molar refractivity (Wildman–Crippen MR) is 112 cm³/mol. The molecule has 1 heterocycles. The van der Waals surface area contributed by atoms with Crippen LogP contribution in [-0.4, -0.2) is 10.4 Å². The van der Waals surface area contributed by atoms with Gasteiger partial charge < -0.3 is 4.57 Å². The molecule has 0 amide bonds. The lowest BCUT2D eigenvalue weighted by atomic mass is 10.0. The van der Waals surface area contributed by atoms with Gasteiger partial charge in [-0.1, -0.05) is 53.5 Å². The Bertz CT molecular complexity index is 1100. The normalized spacial score (nSPS) is 11.0. The lowest BCUT2D eigenvalue weighted by Crippen LogP contribution is -2.03. The van der Waals surface area contributed by atoms with Crippen LogP contribution in [0.2, 0.25) is 10.0 Å². The molecule has 0 radical (unpaired) electrons. The van der Waals surface area contributed by atoms with Crippen molar-refractivity contribution >= 4 is 39.9 Å². The Morgan fingerprint density at radius 1 is 0.852 bits per heavy atom. The van der Waals surface area contributed by atoms with Crippen LogP contribution >= 0.6 is 23.2 Å². The minimum atomic E-state index is 0.0606. The van der Waals surface area contributed by atoms with Crippen LogP contribution in [0, 0.1) is 0 Å². The minimum Gasteiger partial charge on any atom is -0.343 e. The monoisotopic (exact) mass is 393 g/mol. The maximum absolute atomic E-state index is 12.7. The molecule has 1 aromatic heterocycles. The molecule has 0 atom stereocenters. The molecule has 0 aliphatic rings. The number of Topliss-reactive ketones (excluding diaryl/α,β-unsaturated/α-hetero) is 1. The number of hydrogen-bond donors (Lipinski definition) is 0. The van der Waals surface area contributed by atoms with Gasteiger partial charge in [0.15, 0.2) is 5.78 Å². The zero-order valence-corrected chi connectivity index (χ0v) is 16.0. The molecule has 0 fully saturated rings. The van der Waals surface area contributed by atoms with E-state index in [1.165, 1.54) is 5.56 Å². The molecular formula is C23H17Cl2NO. The third kappa shape index (κ3) is 3.92. The molecule has 0 unspecified atom stereocenters. The smallest absolute Gasteiger partial charge is 0.167 e. The molecule has 0 aliphatic heterocycles.